The van der Waals surface area contributed by atoms with E-state index < -0.39 is 11.4 Å². The number of nitrogens with one attached hydrogen (secondary N) is 3. The van der Waals surface area contributed by atoms with E-state index in [0.29, 0.717) is 16.6 Å². The van der Waals surface area contributed by atoms with Crippen molar-refractivity contribution >= 4 is 22.3 Å². The third-order valence-electron chi connectivity index (χ3n) is 3.45. The number of phenols is 1. The smallest absolute Gasteiger partial charge is 0.258 e. The molecule has 24 heavy (non-hydrogen) atoms. The molecule has 6 nitrogen and oxygen atoms in total. The Morgan fingerprint density at radius 3 is 2.67 bits per heavy atom. The van der Waals surface area contributed by atoms with E-state index >= 15 is 0 Å². The predicted octanol–water partition coefficient (Wildman–Crippen LogP) is 3.81. The molecule has 3 rings (SSSR count). The van der Waals surface area contributed by atoms with E-state index in [1.807, 2.05) is 0 Å². The number of anilines is 1. The molecule has 0 spiro atoms. The van der Waals surface area contributed by atoms with E-state index in [-0.39, 0.29) is 17.0 Å². The summed E-state index contributed by atoms with van der Waals surface area (Å²) in [5.74, 6) is -0.293. The third kappa shape index (κ3) is 3.14. The van der Waals surface area contributed by atoms with Gasteiger partial charge in [-0.05, 0) is 48.5 Å². The second kappa shape index (κ2) is 6.33. The summed E-state index contributed by atoms with van der Waals surface area (Å²) in [6, 6.07) is 11.8. The number of halogens is 1. The molecular weight excluding hydrogens is 311 g/mol. The maximum atomic E-state index is 13.4. The normalized spacial score (nSPS) is 11.5. The van der Waals surface area contributed by atoms with Gasteiger partial charge in [0.1, 0.15) is 17.3 Å². The van der Waals surface area contributed by atoms with Crippen molar-refractivity contribution in [2.24, 2.45) is 5.11 Å². The summed E-state index contributed by atoms with van der Waals surface area (Å²) in [6.07, 6.45) is 1.40. The number of hydrogen-bond donors (Lipinski definition) is 4. The number of aromatic hydroxyl groups is 1. The molecule has 0 unspecified atom stereocenters. The van der Waals surface area contributed by atoms with Gasteiger partial charge in [-0.3, -0.25) is 4.79 Å². The quantitative estimate of drug-likeness (QED) is 0.433. The number of aromatic amines is 1. The van der Waals surface area contributed by atoms with Gasteiger partial charge in [0.15, 0.2) is 0 Å². The van der Waals surface area contributed by atoms with Crippen molar-refractivity contribution < 1.29 is 9.50 Å². The number of rotatable bonds is 4. The zero-order chi connectivity index (χ0) is 17.1. The summed E-state index contributed by atoms with van der Waals surface area (Å²) in [5.41, 5.74) is 8.26. The second-order valence-electron chi connectivity index (χ2n) is 5.08. The van der Waals surface area contributed by atoms with Crippen LogP contribution in [0.15, 0.2) is 64.6 Å². The lowest BCUT2D eigenvalue weighted by Gasteiger charge is -2.05. The average Bonchev–Trinajstić information content (AvgIpc) is 2.57. The van der Waals surface area contributed by atoms with Crippen molar-refractivity contribution in [2.75, 3.05) is 5.32 Å². The molecule has 0 saturated heterocycles. The molecule has 120 valence electrons. The zero-order valence-electron chi connectivity index (χ0n) is 12.4. The van der Waals surface area contributed by atoms with Crippen molar-refractivity contribution in [1.82, 2.24) is 4.98 Å². The fourth-order valence-electron chi connectivity index (χ4n) is 2.25. The van der Waals surface area contributed by atoms with Crippen LogP contribution < -0.4 is 10.9 Å². The van der Waals surface area contributed by atoms with Gasteiger partial charge in [-0.25, -0.2) is 9.92 Å². The highest BCUT2D eigenvalue weighted by atomic mass is 19.1. The third-order valence-corrected chi connectivity index (χ3v) is 3.45. The molecule has 0 radical (unpaired) electrons. The number of nitrogens with zero attached hydrogens (tertiary/aromatic N) is 1. The largest absolute Gasteiger partial charge is 0.508 e. The molecule has 7 heteroatoms. The summed E-state index contributed by atoms with van der Waals surface area (Å²) in [7, 11) is 0. The fourth-order valence-corrected chi connectivity index (χ4v) is 2.25. The van der Waals surface area contributed by atoms with E-state index in [1.165, 1.54) is 42.6 Å². The van der Waals surface area contributed by atoms with Crippen molar-refractivity contribution in [3.8, 4) is 5.75 Å². The van der Waals surface area contributed by atoms with Crippen molar-refractivity contribution in [1.29, 1.82) is 5.53 Å². The van der Waals surface area contributed by atoms with Crippen LogP contribution in [0.5, 0.6) is 5.75 Å². The number of H-pyrrole nitrogens is 1. The van der Waals surface area contributed by atoms with Crippen LogP contribution in [-0.2, 0) is 0 Å². The minimum absolute atomic E-state index is 0.0930. The van der Waals surface area contributed by atoms with Gasteiger partial charge >= 0.3 is 0 Å². The van der Waals surface area contributed by atoms with E-state index in [1.54, 1.807) is 12.1 Å². The molecule has 0 amide bonds. The van der Waals surface area contributed by atoms with E-state index in [4.69, 9.17) is 5.53 Å². The van der Waals surface area contributed by atoms with Crippen molar-refractivity contribution in [3.63, 3.8) is 0 Å². The first-order valence-electron chi connectivity index (χ1n) is 7.03. The first-order valence-corrected chi connectivity index (χ1v) is 7.03. The number of fused-ring (bicyclic) bond motifs is 1. The maximum Gasteiger partial charge on any atom is 0.258 e. The SMILES string of the molecule is N=N/C(=C\Nc1ccc(O)cc1)c1cc2cc(F)ccc2[nH]c1=O. The second-order valence-corrected chi connectivity index (χ2v) is 5.08. The lowest BCUT2D eigenvalue weighted by atomic mass is 10.1. The van der Waals surface area contributed by atoms with E-state index in [9.17, 15) is 14.3 Å². The molecule has 0 saturated carbocycles. The van der Waals surface area contributed by atoms with Crippen LogP contribution in [0.3, 0.4) is 0 Å². The Kier molecular flexibility index (Phi) is 4.07. The molecule has 0 aliphatic carbocycles. The topological polar surface area (TPSA) is 101 Å². The van der Waals surface area contributed by atoms with Gasteiger partial charge in [0, 0.05) is 22.8 Å². The minimum atomic E-state index is -0.427. The fraction of sp³-hybridized carbons (Fsp3) is 0. The summed E-state index contributed by atoms with van der Waals surface area (Å²) < 4.78 is 13.4. The van der Waals surface area contributed by atoms with E-state index in [2.05, 4.69) is 15.4 Å². The number of aromatic nitrogens is 1. The van der Waals surface area contributed by atoms with Crippen LogP contribution >= 0.6 is 0 Å². The summed E-state index contributed by atoms with van der Waals surface area (Å²) in [6.45, 7) is 0. The van der Waals surface area contributed by atoms with Crippen LogP contribution in [0.1, 0.15) is 5.56 Å². The lowest BCUT2D eigenvalue weighted by molar-refractivity contribution is 0.475. The predicted molar refractivity (Wildman–Crippen MR) is 89.4 cm³/mol. The first kappa shape index (κ1) is 15.4. The number of benzene rings is 2. The number of hydrogen-bond acceptors (Lipinski definition) is 5. The lowest BCUT2D eigenvalue weighted by Crippen LogP contribution is -2.11. The Morgan fingerprint density at radius 2 is 1.96 bits per heavy atom. The van der Waals surface area contributed by atoms with Crippen LogP contribution in [0, 0.1) is 11.3 Å². The van der Waals surface area contributed by atoms with E-state index in [0.717, 1.165) is 0 Å². The molecule has 0 bridgehead atoms. The monoisotopic (exact) mass is 324 g/mol. The molecule has 0 aliphatic rings. The Hall–Kier alpha value is -3.48. The standard InChI is InChI=1S/C17H13FN4O2/c18-11-1-6-15-10(7-11)8-14(17(24)21-15)16(22-19)9-20-12-2-4-13(23)5-3-12/h1-9,19-20,23H,(H,21,24)/b16-9-,22-19?. The molecule has 0 aliphatic heterocycles. The summed E-state index contributed by atoms with van der Waals surface area (Å²) >= 11 is 0. The van der Waals surface area contributed by atoms with Gasteiger partial charge < -0.3 is 15.4 Å². The first-order chi connectivity index (χ1) is 11.6. The van der Waals surface area contributed by atoms with Gasteiger partial charge in [-0.1, -0.05) is 0 Å². The van der Waals surface area contributed by atoms with Gasteiger partial charge in [-0.15, -0.1) is 0 Å². The molecule has 1 aromatic heterocycles. The Balaban J connectivity index is 2.00. The number of phenolic OH excluding ortho intramolecular Hbond substituents is 1. The van der Waals surface area contributed by atoms with Gasteiger partial charge in [0.05, 0.1) is 5.56 Å². The van der Waals surface area contributed by atoms with Crippen LogP contribution in [0.2, 0.25) is 0 Å². The highest BCUT2D eigenvalue weighted by molar-refractivity contribution is 5.82. The average molecular weight is 324 g/mol. The van der Waals surface area contributed by atoms with Crippen molar-refractivity contribution in [3.05, 3.63) is 76.5 Å². The Bertz CT molecular complexity index is 994. The molecule has 3 aromatic rings. The van der Waals surface area contributed by atoms with Gasteiger partial charge in [0.25, 0.3) is 5.56 Å². The molecular formula is C17H13FN4O2. The minimum Gasteiger partial charge on any atom is -0.508 e. The maximum absolute atomic E-state index is 13.4. The zero-order valence-corrected chi connectivity index (χ0v) is 12.4. The van der Waals surface area contributed by atoms with Crippen LogP contribution in [0.25, 0.3) is 16.6 Å². The molecule has 1 heterocycles. The van der Waals surface area contributed by atoms with Crippen LogP contribution in [0.4, 0.5) is 10.1 Å². The summed E-state index contributed by atoms with van der Waals surface area (Å²) in [5, 5.41) is 16.0. The van der Waals surface area contributed by atoms with Crippen molar-refractivity contribution in [2.45, 2.75) is 0 Å². The Morgan fingerprint density at radius 1 is 1.21 bits per heavy atom. The molecule has 0 atom stereocenters. The summed E-state index contributed by atoms with van der Waals surface area (Å²) in [4.78, 5) is 14.8. The highest BCUT2D eigenvalue weighted by Crippen LogP contribution is 2.19. The highest BCUT2D eigenvalue weighted by Gasteiger charge is 2.09. The number of pyridine rings is 1. The molecule has 0 fully saturated rings. The van der Waals surface area contributed by atoms with Gasteiger partial charge in [0.2, 0.25) is 0 Å². The Labute approximate surface area is 135 Å². The van der Waals surface area contributed by atoms with Gasteiger partial charge in [-0.2, -0.15) is 5.11 Å². The molecule has 2 aromatic carbocycles. The molecule has 4 N–H and O–H groups in total. The van der Waals surface area contributed by atoms with Crippen LogP contribution in [-0.4, -0.2) is 10.1 Å².